The maximum absolute atomic E-state index is 5.23. The summed E-state index contributed by atoms with van der Waals surface area (Å²) >= 11 is 0. The number of fused-ring (bicyclic) bond motifs is 2. The number of benzene rings is 1. The van der Waals surface area contributed by atoms with Gasteiger partial charge < -0.3 is 9.64 Å². The van der Waals surface area contributed by atoms with E-state index in [1.54, 1.807) is 12.7 Å². The largest absolute Gasteiger partial charge is 0.481 e. The molecule has 23 heavy (non-hydrogen) atoms. The standard InChI is InChI=1S/C20H24N2O/c1-14-16(7-9-19(21-14)23-3)15-6-8-18-17(12-15)20(13-22(18)2)10-4-5-11-20/h6-9,12H,4-5,10-11,13H2,1-3H3. The van der Waals surface area contributed by atoms with E-state index in [-0.39, 0.29) is 0 Å². The molecule has 1 aliphatic carbocycles. The SMILES string of the molecule is COc1ccc(-c2ccc3c(c2)C2(CCCC2)CN3C)c(C)n1. The van der Waals surface area contributed by atoms with E-state index >= 15 is 0 Å². The normalized spacial score (nSPS) is 18.5. The molecule has 0 bridgehead atoms. The van der Waals surface area contributed by atoms with Crippen molar-refractivity contribution in [2.24, 2.45) is 0 Å². The minimum absolute atomic E-state index is 0.383. The number of hydrogen-bond acceptors (Lipinski definition) is 3. The van der Waals surface area contributed by atoms with Gasteiger partial charge in [-0.05, 0) is 49.1 Å². The van der Waals surface area contributed by atoms with E-state index in [4.69, 9.17) is 4.74 Å². The lowest BCUT2D eigenvalue weighted by Crippen LogP contribution is -2.28. The molecule has 1 fully saturated rings. The third-order valence-corrected chi connectivity index (χ3v) is 5.66. The number of ether oxygens (including phenoxy) is 1. The van der Waals surface area contributed by atoms with Gasteiger partial charge in [0.25, 0.3) is 0 Å². The van der Waals surface area contributed by atoms with Crippen LogP contribution in [0.4, 0.5) is 5.69 Å². The zero-order valence-electron chi connectivity index (χ0n) is 14.2. The minimum Gasteiger partial charge on any atom is -0.481 e. The average Bonchev–Trinajstić information content (AvgIpc) is 3.13. The van der Waals surface area contributed by atoms with E-state index < -0.39 is 0 Å². The average molecular weight is 308 g/mol. The van der Waals surface area contributed by atoms with Crippen LogP contribution in [0.2, 0.25) is 0 Å². The number of likely N-dealkylation sites (N-methyl/N-ethyl adjacent to an activating group) is 1. The summed E-state index contributed by atoms with van der Waals surface area (Å²) in [5, 5.41) is 0. The van der Waals surface area contributed by atoms with Crippen molar-refractivity contribution in [3.63, 3.8) is 0 Å². The highest BCUT2D eigenvalue weighted by atomic mass is 16.5. The topological polar surface area (TPSA) is 25.4 Å². The van der Waals surface area contributed by atoms with Crippen LogP contribution in [0.25, 0.3) is 11.1 Å². The van der Waals surface area contributed by atoms with Gasteiger partial charge in [0.2, 0.25) is 5.88 Å². The zero-order valence-corrected chi connectivity index (χ0v) is 14.2. The minimum atomic E-state index is 0.383. The molecule has 0 unspecified atom stereocenters. The molecule has 1 aromatic heterocycles. The van der Waals surface area contributed by atoms with Gasteiger partial charge >= 0.3 is 0 Å². The molecule has 0 N–H and O–H groups in total. The Morgan fingerprint density at radius 2 is 1.91 bits per heavy atom. The molecule has 3 nitrogen and oxygen atoms in total. The lowest BCUT2D eigenvalue weighted by atomic mass is 9.80. The fourth-order valence-corrected chi connectivity index (χ4v) is 4.52. The summed E-state index contributed by atoms with van der Waals surface area (Å²) in [5.41, 5.74) is 6.85. The van der Waals surface area contributed by atoms with Crippen LogP contribution < -0.4 is 9.64 Å². The summed E-state index contributed by atoms with van der Waals surface area (Å²) in [6.07, 6.45) is 5.38. The molecular formula is C20H24N2O. The summed E-state index contributed by atoms with van der Waals surface area (Å²) in [4.78, 5) is 6.97. The second-order valence-electron chi connectivity index (χ2n) is 7.06. The number of rotatable bonds is 2. The summed E-state index contributed by atoms with van der Waals surface area (Å²) in [5.74, 6) is 0.680. The Morgan fingerprint density at radius 3 is 2.61 bits per heavy atom. The number of aryl methyl sites for hydroxylation is 1. The van der Waals surface area contributed by atoms with E-state index in [2.05, 4.69) is 48.1 Å². The van der Waals surface area contributed by atoms with Gasteiger partial charge in [-0.1, -0.05) is 18.9 Å². The quantitative estimate of drug-likeness (QED) is 0.826. The van der Waals surface area contributed by atoms with Crippen molar-refractivity contribution in [3.05, 3.63) is 41.6 Å². The second kappa shape index (κ2) is 5.26. The fourth-order valence-electron chi connectivity index (χ4n) is 4.52. The first-order valence-electron chi connectivity index (χ1n) is 8.51. The Bertz CT molecular complexity index is 747. The molecule has 1 saturated carbocycles. The fraction of sp³-hybridized carbons (Fsp3) is 0.450. The molecule has 4 rings (SSSR count). The highest BCUT2D eigenvalue weighted by Crippen LogP contribution is 2.50. The van der Waals surface area contributed by atoms with Crippen molar-refractivity contribution in [1.29, 1.82) is 0 Å². The molecule has 3 heteroatoms. The molecule has 0 amide bonds. The van der Waals surface area contributed by atoms with Gasteiger partial charge in [0, 0.05) is 42.0 Å². The van der Waals surface area contributed by atoms with E-state index in [1.165, 1.54) is 49.0 Å². The summed E-state index contributed by atoms with van der Waals surface area (Å²) in [6, 6.07) is 11.0. The van der Waals surface area contributed by atoms with E-state index in [9.17, 15) is 0 Å². The number of anilines is 1. The van der Waals surface area contributed by atoms with Crippen LogP contribution in [-0.4, -0.2) is 25.7 Å². The molecule has 0 saturated heterocycles. The van der Waals surface area contributed by atoms with Crippen LogP contribution in [0.3, 0.4) is 0 Å². The van der Waals surface area contributed by atoms with Crippen LogP contribution in [0, 0.1) is 6.92 Å². The van der Waals surface area contributed by atoms with Gasteiger partial charge in [0.1, 0.15) is 0 Å². The van der Waals surface area contributed by atoms with Crippen LogP contribution in [-0.2, 0) is 5.41 Å². The van der Waals surface area contributed by atoms with Crippen molar-refractivity contribution in [2.45, 2.75) is 38.0 Å². The van der Waals surface area contributed by atoms with Crippen molar-refractivity contribution in [3.8, 4) is 17.0 Å². The van der Waals surface area contributed by atoms with Gasteiger partial charge in [-0.25, -0.2) is 4.98 Å². The molecule has 1 aromatic carbocycles. The van der Waals surface area contributed by atoms with E-state index in [1.807, 2.05) is 6.07 Å². The van der Waals surface area contributed by atoms with Gasteiger partial charge in [0.05, 0.1) is 7.11 Å². The lowest BCUT2D eigenvalue weighted by Gasteiger charge is -2.24. The number of hydrogen-bond donors (Lipinski definition) is 0. The Labute approximate surface area is 138 Å². The maximum atomic E-state index is 5.23. The highest BCUT2D eigenvalue weighted by molar-refractivity contribution is 5.74. The van der Waals surface area contributed by atoms with Crippen molar-refractivity contribution >= 4 is 5.69 Å². The smallest absolute Gasteiger partial charge is 0.213 e. The second-order valence-corrected chi connectivity index (χ2v) is 7.06. The molecule has 120 valence electrons. The Balaban J connectivity index is 1.81. The van der Waals surface area contributed by atoms with Crippen LogP contribution in [0.1, 0.15) is 36.9 Å². The first-order chi connectivity index (χ1) is 11.1. The first kappa shape index (κ1) is 14.6. The molecular weight excluding hydrogens is 284 g/mol. The van der Waals surface area contributed by atoms with Crippen molar-refractivity contribution < 1.29 is 4.74 Å². The lowest BCUT2D eigenvalue weighted by molar-refractivity contribution is 0.397. The van der Waals surface area contributed by atoms with Crippen LogP contribution in [0.15, 0.2) is 30.3 Å². The molecule has 0 radical (unpaired) electrons. The number of aromatic nitrogens is 1. The third-order valence-electron chi connectivity index (χ3n) is 5.66. The molecule has 2 aromatic rings. The van der Waals surface area contributed by atoms with Gasteiger partial charge in [-0.15, -0.1) is 0 Å². The summed E-state index contributed by atoms with van der Waals surface area (Å²) < 4.78 is 5.23. The first-order valence-corrected chi connectivity index (χ1v) is 8.51. The van der Waals surface area contributed by atoms with Crippen molar-refractivity contribution in [2.75, 3.05) is 25.6 Å². The molecule has 2 aliphatic rings. The Hall–Kier alpha value is -2.03. The monoisotopic (exact) mass is 308 g/mol. The molecule has 1 spiro atoms. The predicted octanol–water partition coefficient (Wildman–Crippen LogP) is 4.33. The van der Waals surface area contributed by atoms with E-state index in [0.717, 1.165) is 5.69 Å². The van der Waals surface area contributed by atoms with Gasteiger partial charge in [-0.2, -0.15) is 0 Å². The highest BCUT2D eigenvalue weighted by Gasteiger charge is 2.43. The number of methoxy groups -OCH3 is 1. The third kappa shape index (κ3) is 2.21. The van der Waals surface area contributed by atoms with Gasteiger partial charge in [0.15, 0.2) is 0 Å². The van der Waals surface area contributed by atoms with E-state index in [0.29, 0.717) is 11.3 Å². The predicted molar refractivity (Wildman–Crippen MR) is 94.4 cm³/mol. The van der Waals surface area contributed by atoms with Crippen LogP contribution in [0.5, 0.6) is 5.88 Å². The van der Waals surface area contributed by atoms with Gasteiger partial charge in [-0.3, -0.25) is 0 Å². The Kier molecular flexibility index (Phi) is 3.33. The number of nitrogens with zero attached hydrogens (tertiary/aromatic N) is 2. The number of pyridine rings is 1. The molecule has 2 heterocycles. The van der Waals surface area contributed by atoms with Crippen molar-refractivity contribution in [1.82, 2.24) is 4.98 Å². The summed E-state index contributed by atoms with van der Waals surface area (Å²) in [6.45, 7) is 3.23. The molecule has 1 aliphatic heterocycles. The summed E-state index contributed by atoms with van der Waals surface area (Å²) in [7, 11) is 3.89. The van der Waals surface area contributed by atoms with Crippen LogP contribution >= 0.6 is 0 Å². The molecule has 0 atom stereocenters. The zero-order chi connectivity index (χ0) is 16.0. The maximum Gasteiger partial charge on any atom is 0.213 e. The Morgan fingerprint density at radius 1 is 1.13 bits per heavy atom.